The number of fused-ring (bicyclic) bond motifs is 1. The van der Waals surface area contributed by atoms with Crippen LogP contribution in [0.3, 0.4) is 0 Å². The lowest BCUT2D eigenvalue weighted by Gasteiger charge is -2.36. The highest BCUT2D eigenvalue weighted by Gasteiger charge is 2.48. The van der Waals surface area contributed by atoms with Crippen LogP contribution in [0.5, 0.6) is 0 Å². The van der Waals surface area contributed by atoms with Gasteiger partial charge in [0.2, 0.25) is 0 Å². The molecule has 27 heavy (non-hydrogen) atoms. The number of benzene rings is 2. The molecule has 4 rings (SSSR count). The second kappa shape index (κ2) is 6.43. The van der Waals surface area contributed by atoms with E-state index in [1.807, 2.05) is 36.5 Å². The summed E-state index contributed by atoms with van der Waals surface area (Å²) in [7, 11) is 0. The highest BCUT2D eigenvalue weighted by atomic mass is 35.5. The SMILES string of the molecule is CC1(C)OC(=O)C(C(c2cccc(Cl)c2)c2c[nH]c3ccccc23)C(=O)O1. The van der Waals surface area contributed by atoms with Gasteiger partial charge in [-0.2, -0.15) is 0 Å². The van der Waals surface area contributed by atoms with Crippen LogP contribution in [0.2, 0.25) is 5.02 Å². The van der Waals surface area contributed by atoms with Crippen molar-refractivity contribution in [2.45, 2.75) is 25.6 Å². The number of H-pyrrole nitrogens is 1. The van der Waals surface area contributed by atoms with Gasteiger partial charge in [-0.3, -0.25) is 9.59 Å². The van der Waals surface area contributed by atoms with Crippen LogP contribution in [0.1, 0.15) is 30.9 Å². The first-order valence-electron chi connectivity index (χ1n) is 8.63. The standard InChI is InChI=1S/C21H18ClNO4/c1-21(2)26-19(24)18(20(25)27-21)17(12-6-5-7-13(22)10-12)15-11-23-16-9-4-3-8-14(15)16/h3-11,17-18,23H,1-2H3. The van der Waals surface area contributed by atoms with E-state index >= 15 is 0 Å². The number of ether oxygens (including phenoxy) is 2. The second-order valence-corrected chi connectivity index (χ2v) is 7.48. The average Bonchev–Trinajstić information content (AvgIpc) is 3.01. The molecule has 6 heteroatoms. The van der Waals surface area contributed by atoms with Gasteiger partial charge in [0.25, 0.3) is 5.79 Å². The van der Waals surface area contributed by atoms with E-state index in [0.29, 0.717) is 5.02 Å². The van der Waals surface area contributed by atoms with E-state index in [2.05, 4.69) is 4.98 Å². The van der Waals surface area contributed by atoms with Crippen molar-refractivity contribution in [3.05, 3.63) is 70.9 Å². The number of hydrogen-bond donors (Lipinski definition) is 1. The Bertz CT molecular complexity index is 1020. The fraction of sp³-hybridized carbons (Fsp3) is 0.238. The first-order valence-corrected chi connectivity index (χ1v) is 9.01. The molecule has 3 aromatic rings. The van der Waals surface area contributed by atoms with Gasteiger partial charge in [0, 0.05) is 41.9 Å². The maximum Gasteiger partial charge on any atom is 0.324 e. The molecule has 5 nitrogen and oxygen atoms in total. The van der Waals surface area contributed by atoms with E-state index in [0.717, 1.165) is 22.0 Å². The molecular formula is C21H18ClNO4. The number of nitrogens with one attached hydrogen (secondary N) is 1. The summed E-state index contributed by atoms with van der Waals surface area (Å²) in [5.41, 5.74) is 2.47. The predicted molar refractivity (Wildman–Crippen MR) is 101 cm³/mol. The zero-order valence-electron chi connectivity index (χ0n) is 14.9. The van der Waals surface area contributed by atoms with E-state index in [9.17, 15) is 9.59 Å². The summed E-state index contributed by atoms with van der Waals surface area (Å²) in [5, 5.41) is 1.45. The Balaban J connectivity index is 1.89. The topological polar surface area (TPSA) is 68.4 Å². The van der Waals surface area contributed by atoms with Gasteiger partial charge in [-0.15, -0.1) is 0 Å². The Kier molecular flexibility index (Phi) is 4.19. The molecule has 1 atom stereocenters. The molecule has 0 aliphatic carbocycles. The highest BCUT2D eigenvalue weighted by molar-refractivity contribution is 6.30. The molecule has 1 unspecified atom stereocenters. The van der Waals surface area contributed by atoms with E-state index in [-0.39, 0.29) is 0 Å². The molecule has 1 fully saturated rings. The molecule has 0 bridgehead atoms. The minimum Gasteiger partial charge on any atom is -0.422 e. The second-order valence-electron chi connectivity index (χ2n) is 7.04. The molecule has 1 aromatic heterocycles. The summed E-state index contributed by atoms with van der Waals surface area (Å²) in [6.45, 7) is 3.08. The Morgan fingerprint density at radius 2 is 1.74 bits per heavy atom. The number of para-hydroxylation sites is 1. The van der Waals surface area contributed by atoms with Crippen molar-refractivity contribution < 1.29 is 19.1 Å². The van der Waals surface area contributed by atoms with Crippen LogP contribution < -0.4 is 0 Å². The molecule has 0 amide bonds. The van der Waals surface area contributed by atoms with Crippen LogP contribution in [-0.2, 0) is 19.1 Å². The van der Waals surface area contributed by atoms with Crippen LogP contribution in [0, 0.1) is 5.92 Å². The molecule has 1 saturated heterocycles. The highest BCUT2D eigenvalue weighted by Crippen LogP contribution is 2.41. The van der Waals surface area contributed by atoms with Gasteiger partial charge in [0.05, 0.1) is 0 Å². The van der Waals surface area contributed by atoms with Gasteiger partial charge in [0.15, 0.2) is 5.92 Å². The number of carbonyl (C=O) groups excluding carboxylic acids is 2. The van der Waals surface area contributed by atoms with E-state index in [1.54, 1.807) is 32.0 Å². The number of halogens is 1. The molecule has 1 N–H and O–H groups in total. The van der Waals surface area contributed by atoms with Crippen LogP contribution in [0.15, 0.2) is 54.7 Å². The van der Waals surface area contributed by atoms with E-state index in [4.69, 9.17) is 21.1 Å². The normalized spacial score (nSPS) is 18.2. The summed E-state index contributed by atoms with van der Waals surface area (Å²) in [4.78, 5) is 28.8. The van der Waals surface area contributed by atoms with Crippen molar-refractivity contribution in [3.63, 3.8) is 0 Å². The number of rotatable bonds is 3. The molecule has 0 radical (unpaired) electrons. The smallest absolute Gasteiger partial charge is 0.324 e. The molecule has 0 spiro atoms. The zero-order valence-corrected chi connectivity index (χ0v) is 15.6. The Hall–Kier alpha value is -2.79. The third-order valence-corrected chi connectivity index (χ3v) is 4.93. The largest absolute Gasteiger partial charge is 0.422 e. The van der Waals surface area contributed by atoms with Crippen molar-refractivity contribution >= 4 is 34.4 Å². The Labute approximate surface area is 161 Å². The van der Waals surface area contributed by atoms with Crippen molar-refractivity contribution in [3.8, 4) is 0 Å². The van der Waals surface area contributed by atoms with Crippen LogP contribution in [-0.4, -0.2) is 22.7 Å². The summed E-state index contributed by atoms with van der Waals surface area (Å²) < 4.78 is 10.7. The molecular weight excluding hydrogens is 366 g/mol. The van der Waals surface area contributed by atoms with E-state index in [1.165, 1.54) is 0 Å². The van der Waals surface area contributed by atoms with Crippen LogP contribution >= 0.6 is 11.6 Å². The van der Waals surface area contributed by atoms with Crippen molar-refractivity contribution in [2.24, 2.45) is 5.92 Å². The third-order valence-electron chi connectivity index (χ3n) is 4.70. The van der Waals surface area contributed by atoms with Crippen molar-refractivity contribution in [2.75, 3.05) is 0 Å². The first-order chi connectivity index (χ1) is 12.9. The van der Waals surface area contributed by atoms with Gasteiger partial charge in [-0.1, -0.05) is 41.9 Å². The molecule has 2 heterocycles. The van der Waals surface area contributed by atoms with Crippen molar-refractivity contribution in [1.82, 2.24) is 4.98 Å². The first kappa shape index (κ1) is 17.6. The van der Waals surface area contributed by atoms with Gasteiger partial charge in [-0.25, -0.2) is 0 Å². The molecule has 1 aliphatic rings. The summed E-state index contributed by atoms with van der Waals surface area (Å²) >= 11 is 6.19. The van der Waals surface area contributed by atoms with Crippen molar-refractivity contribution in [1.29, 1.82) is 0 Å². The predicted octanol–water partition coefficient (Wildman–Crippen LogP) is 4.41. The summed E-state index contributed by atoms with van der Waals surface area (Å²) in [6, 6.07) is 14.9. The van der Waals surface area contributed by atoms with Gasteiger partial charge < -0.3 is 14.5 Å². The quantitative estimate of drug-likeness (QED) is 0.537. The summed E-state index contributed by atoms with van der Waals surface area (Å²) in [5.74, 6) is -4.19. The van der Waals surface area contributed by atoms with E-state index < -0.39 is 29.6 Å². The molecule has 138 valence electrons. The number of cyclic esters (lactones) is 2. The fourth-order valence-corrected chi connectivity index (χ4v) is 3.80. The number of aromatic amines is 1. The average molecular weight is 384 g/mol. The number of carbonyl (C=O) groups is 2. The fourth-order valence-electron chi connectivity index (χ4n) is 3.60. The number of aromatic nitrogens is 1. The minimum atomic E-state index is -1.27. The van der Waals surface area contributed by atoms with Gasteiger partial charge in [-0.05, 0) is 29.3 Å². The Morgan fingerprint density at radius 1 is 1.04 bits per heavy atom. The lowest BCUT2D eigenvalue weighted by Crippen LogP contribution is -2.48. The lowest BCUT2D eigenvalue weighted by molar-refractivity contribution is -0.240. The van der Waals surface area contributed by atoms with Crippen LogP contribution in [0.4, 0.5) is 0 Å². The zero-order chi connectivity index (χ0) is 19.2. The monoisotopic (exact) mass is 383 g/mol. The number of hydrogen-bond acceptors (Lipinski definition) is 4. The maximum atomic E-state index is 12.8. The maximum absolute atomic E-state index is 12.8. The minimum absolute atomic E-state index is 0.523. The lowest BCUT2D eigenvalue weighted by atomic mass is 9.80. The molecule has 0 saturated carbocycles. The molecule has 1 aliphatic heterocycles. The van der Waals surface area contributed by atoms with Gasteiger partial charge in [0.1, 0.15) is 0 Å². The number of esters is 2. The summed E-state index contributed by atoms with van der Waals surface area (Å²) in [6.07, 6.45) is 1.82. The Morgan fingerprint density at radius 3 is 2.44 bits per heavy atom. The molecule has 2 aromatic carbocycles. The van der Waals surface area contributed by atoms with Gasteiger partial charge >= 0.3 is 11.9 Å². The van der Waals surface area contributed by atoms with Crippen LogP contribution in [0.25, 0.3) is 10.9 Å². The third kappa shape index (κ3) is 3.19.